The molecule has 3 aromatic rings. The number of anilines is 1. The lowest BCUT2D eigenvalue weighted by Gasteiger charge is -2.41. The Morgan fingerprint density at radius 3 is 2.35 bits per heavy atom. The molecule has 1 spiro atoms. The van der Waals surface area contributed by atoms with Gasteiger partial charge in [-0.05, 0) is 37.3 Å². The van der Waals surface area contributed by atoms with Crippen LogP contribution in [-0.2, 0) is 6.54 Å². The highest BCUT2D eigenvalue weighted by Crippen LogP contribution is 2.41. The zero-order valence-corrected chi connectivity index (χ0v) is 19.8. The van der Waals surface area contributed by atoms with Crippen LogP contribution >= 0.6 is 0 Å². The van der Waals surface area contributed by atoms with Crippen molar-refractivity contribution in [2.75, 3.05) is 31.1 Å². The molecule has 5 rings (SSSR count). The Kier molecular flexibility index (Phi) is 6.43. The van der Waals surface area contributed by atoms with E-state index in [1.165, 1.54) is 5.56 Å². The van der Waals surface area contributed by atoms with E-state index in [2.05, 4.69) is 35.2 Å². The topological polar surface area (TPSA) is 42.0 Å². The molecule has 0 unspecified atom stereocenters. The molecule has 2 heterocycles. The van der Waals surface area contributed by atoms with Crippen LogP contribution in [-0.4, -0.2) is 42.6 Å². The van der Waals surface area contributed by atoms with E-state index >= 15 is 0 Å². The highest BCUT2D eigenvalue weighted by molar-refractivity contribution is 5.94. The summed E-state index contributed by atoms with van der Waals surface area (Å²) in [6, 6.07) is 26.2. The van der Waals surface area contributed by atoms with Crippen molar-refractivity contribution in [1.82, 2.24) is 4.90 Å². The van der Waals surface area contributed by atoms with Crippen LogP contribution in [0.5, 0.6) is 11.5 Å². The average molecular weight is 457 g/mol. The molecular weight excluding hydrogens is 424 g/mol. The molecule has 0 N–H and O–H groups in total. The summed E-state index contributed by atoms with van der Waals surface area (Å²) in [5.74, 6) is 1.98. The maximum absolute atomic E-state index is 12.9. The maximum Gasteiger partial charge on any atom is 0.253 e. The Hall–Kier alpha value is -3.47. The van der Waals surface area contributed by atoms with Gasteiger partial charge in [-0.25, -0.2) is 0 Å². The summed E-state index contributed by atoms with van der Waals surface area (Å²) in [5, 5.41) is 0. The van der Waals surface area contributed by atoms with Gasteiger partial charge in [0.1, 0.15) is 17.1 Å². The first-order chi connectivity index (χ1) is 16.7. The Balaban J connectivity index is 1.33. The number of nitrogens with zero attached hydrogens (tertiary/aromatic N) is 2. The van der Waals surface area contributed by atoms with Crippen molar-refractivity contribution >= 4 is 11.6 Å². The minimum Gasteiger partial charge on any atom is -0.494 e. The molecule has 176 valence electrons. The number of hydrogen-bond acceptors (Lipinski definition) is 4. The molecule has 1 fully saturated rings. The molecule has 2 aliphatic heterocycles. The number of piperidine rings is 1. The van der Waals surface area contributed by atoms with Gasteiger partial charge in [0.2, 0.25) is 0 Å². The lowest BCUT2D eigenvalue weighted by Crippen LogP contribution is -2.50. The quantitative estimate of drug-likeness (QED) is 0.505. The molecule has 0 bridgehead atoms. The van der Waals surface area contributed by atoms with Gasteiger partial charge >= 0.3 is 0 Å². The third kappa shape index (κ3) is 4.60. The van der Waals surface area contributed by atoms with Crippen molar-refractivity contribution < 1.29 is 14.3 Å². The first kappa shape index (κ1) is 22.3. The Morgan fingerprint density at radius 2 is 1.56 bits per heavy atom. The van der Waals surface area contributed by atoms with Gasteiger partial charge in [-0.3, -0.25) is 4.79 Å². The van der Waals surface area contributed by atoms with Gasteiger partial charge in [0.15, 0.2) is 0 Å². The lowest BCUT2D eigenvalue weighted by molar-refractivity contribution is 0.00239. The second-order valence-electron chi connectivity index (χ2n) is 9.12. The average Bonchev–Trinajstić information content (AvgIpc) is 3.03. The molecule has 5 heteroatoms. The fraction of sp³-hybridized carbons (Fsp3) is 0.345. The van der Waals surface area contributed by atoms with Crippen LogP contribution in [0.2, 0.25) is 0 Å². The first-order valence-electron chi connectivity index (χ1n) is 12.3. The Labute approximate surface area is 201 Å². The molecule has 1 amide bonds. The van der Waals surface area contributed by atoms with Crippen molar-refractivity contribution in [3.8, 4) is 11.5 Å². The number of likely N-dealkylation sites (tertiary alicyclic amines) is 1. The minimum absolute atomic E-state index is 0.110. The summed E-state index contributed by atoms with van der Waals surface area (Å²) >= 11 is 0. The largest absolute Gasteiger partial charge is 0.494 e. The third-order valence-electron chi connectivity index (χ3n) is 6.99. The SMILES string of the molecule is CCOc1ccccc1CN1CCC2(CCN(C(=O)c3ccccc3)CC2)Oc2ccccc21. The van der Waals surface area contributed by atoms with Crippen LogP contribution in [0.1, 0.15) is 42.1 Å². The predicted molar refractivity (Wildman–Crippen MR) is 135 cm³/mol. The van der Waals surface area contributed by atoms with Crippen molar-refractivity contribution in [3.05, 3.63) is 90.0 Å². The van der Waals surface area contributed by atoms with E-state index in [-0.39, 0.29) is 11.5 Å². The number of benzene rings is 3. The number of fused-ring (bicyclic) bond motifs is 1. The fourth-order valence-corrected chi connectivity index (χ4v) is 5.08. The van der Waals surface area contributed by atoms with E-state index in [1.54, 1.807) is 0 Å². The molecule has 0 aliphatic carbocycles. The van der Waals surface area contributed by atoms with E-state index in [9.17, 15) is 4.79 Å². The zero-order chi connectivity index (χ0) is 23.4. The van der Waals surface area contributed by atoms with Crippen LogP contribution in [0.15, 0.2) is 78.9 Å². The molecular formula is C29H32N2O3. The van der Waals surface area contributed by atoms with Gasteiger partial charge in [-0.15, -0.1) is 0 Å². The maximum atomic E-state index is 12.9. The molecule has 34 heavy (non-hydrogen) atoms. The Morgan fingerprint density at radius 1 is 0.882 bits per heavy atom. The Bertz CT molecular complexity index is 1120. The van der Waals surface area contributed by atoms with Crippen LogP contribution in [0.3, 0.4) is 0 Å². The van der Waals surface area contributed by atoms with E-state index in [0.717, 1.165) is 55.1 Å². The van der Waals surface area contributed by atoms with Gasteiger partial charge in [0.25, 0.3) is 5.91 Å². The smallest absolute Gasteiger partial charge is 0.253 e. The molecule has 0 aromatic heterocycles. The molecule has 3 aromatic carbocycles. The highest BCUT2D eigenvalue weighted by Gasteiger charge is 2.40. The van der Waals surface area contributed by atoms with E-state index < -0.39 is 0 Å². The fourth-order valence-electron chi connectivity index (χ4n) is 5.08. The lowest BCUT2D eigenvalue weighted by atomic mass is 9.87. The number of carbonyl (C=O) groups excluding carboxylic acids is 1. The molecule has 5 nitrogen and oxygen atoms in total. The van der Waals surface area contributed by atoms with Gasteiger partial charge in [-0.1, -0.05) is 48.5 Å². The molecule has 2 aliphatic rings. The molecule has 1 saturated heterocycles. The van der Waals surface area contributed by atoms with Crippen molar-refractivity contribution in [2.24, 2.45) is 0 Å². The second-order valence-corrected chi connectivity index (χ2v) is 9.12. The normalized spacial score (nSPS) is 17.0. The van der Waals surface area contributed by atoms with Crippen molar-refractivity contribution in [1.29, 1.82) is 0 Å². The van der Waals surface area contributed by atoms with Crippen LogP contribution < -0.4 is 14.4 Å². The summed E-state index contributed by atoms with van der Waals surface area (Å²) in [7, 11) is 0. The number of ether oxygens (including phenoxy) is 2. The third-order valence-corrected chi connectivity index (χ3v) is 6.99. The van der Waals surface area contributed by atoms with Gasteiger partial charge in [0, 0.05) is 56.6 Å². The number of rotatable bonds is 5. The highest BCUT2D eigenvalue weighted by atomic mass is 16.5. The molecule has 0 atom stereocenters. The van der Waals surface area contributed by atoms with Gasteiger partial charge in [0.05, 0.1) is 12.3 Å². The number of hydrogen-bond donors (Lipinski definition) is 0. The second kappa shape index (κ2) is 9.80. The van der Waals surface area contributed by atoms with Crippen molar-refractivity contribution in [2.45, 2.75) is 38.3 Å². The van der Waals surface area contributed by atoms with E-state index in [1.807, 2.05) is 60.4 Å². The van der Waals surface area contributed by atoms with Gasteiger partial charge in [-0.2, -0.15) is 0 Å². The summed E-state index contributed by atoms with van der Waals surface area (Å²) in [6.07, 6.45) is 2.60. The summed E-state index contributed by atoms with van der Waals surface area (Å²) in [5.41, 5.74) is 2.80. The van der Waals surface area contributed by atoms with Gasteiger partial charge < -0.3 is 19.3 Å². The monoisotopic (exact) mass is 456 g/mol. The zero-order valence-electron chi connectivity index (χ0n) is 19.8. The van der Waals surface area contributed by atoms with Crippen LogP contribution in [0.4, 0.5) is 5.69 Å². The minimum atomic E-state index is -0.252. The number of para-hydroxylation sites is 3. The molecule has 0 saturated carbocycles. The summed E-state index contributed by atoms with van der Waals surface area (Å²) in [4.78, 5) is 17.3. The van der Waals surface area contributed by atoms with E-state index in [0.29, 0.717) is 19.7 Å². The summed E-state index contributed by atoms with van der Waals surface area (Å²) in [6.45, 7) is 5.75. The van der Waals surface area contributed by atoms with Crippen molar-refractivity contribution in [3.63, 3.8) is 0 Å². The first-order valence-corrected chi connectivity index (χ1v) is 12.3. The number of carbonyl (C=O) groups is 1. The van der Waals surface area contributed by atoms with Crippen LogP contribution in [0.25, 0.3) is 0 Å². The predicted octanol–water partition coefficient (Wildman–Crippen LogP) is 5.55. The van der Waals surface area contributed by atoms with E-state index in [4.69, 9.17) is 9.47 Å². The standard InChI is InChI=1S/C29H32N2O3/c1-2-33-26-14-8-6-12-24(26)22-31-21-18-29(34-27-15-9-7-13-25(27)31)16-19-30(20-17-29)28(32)23-10-4-3-5-11-23/h3-15H,2,16-22H2,1H3. The van der Waals surface area contributed by atoms with Crippen LogP contribution in [0, 0.1) is 0 Å². The summed E-state index contributed by atoms with van der Waals surface area (Å²) < 4.78 is 12.6. The number of amides is 1. The molecule has 0 radical (unpaired) electrons.